The molecule has 0 aliphatic carbocycles. The minimum atomic E-state index is -0.147. The second-order valence-corrected chi connectivity index (χ2v) is 5.43. The Labute approximate surface area is 125 Å². The van der Waals surface area contributed by atoms with Crippen molar-refractivity contribution >= 4 is 34.7 Å². The molecule has 0 atom stereocenters. The summed E-state index contributed by atoms with van der Waals surface area (Å²) in [6.07, 6.45) is 0.929. The summed E-state index contributed by atoms with van der Waals surface area (Å²) in [5, 5.41) is 6.80. The van der Waals surface area contributed by atoms with Crippen molar-refractivity contribution in [2.75, 3.05) is 16.8 Å². The van der Waals surface area contributed by atoms with Gasteiger partial charge in [0.15, 0.2) is 0 Å². The summed E-state index contributed by atoms with van der Waals surface area (Å²) in [7, 11) is 0. The minimum Gasteiger partial charge on any atom is -0.324 e. The third-order valence-corrected chi connectivity index (χ3v) is 4.12. The van der Waals surface area contributed by atoms with Crippen molar-refractivity contribution in [3.05, 3.63) is 34.8 Å². The lowest BCUT2D eigenvalue weighted by atomic mass is 10.2. The van der Waals surface area contributed by atoms with Crippen molar-refractivity contribution in [1.29, 1.82) is 0 Å². The highest BCUT2D eigenvalue weighted by molar-refractivity contribution is 7.08. The van der Waals surface area contributed by atoms with Gasteiger partial charge in [0, 0.05) is 13.0 Å². The van der Waals surface area contributed by atoms with Crippen molar-refractivity contribution in [3.63, 3.8) is 0 Å². The normalized spacial score (nSPS) is 14.3. The maximum absolute atomic E-state index is 12.8. The maximum Gasteiger partial charge on any atom is 0.272 e. The molecule has 3 rings (SSSR count). The molecule has 0 saturated heterocycles. The van der Waals surface area contributed by atoms with Crippen LogP contribution in [-0.2, 0) is 11.2 Å². The standard InChI is InChI=1S/C14H14N4O2S/c1-2-9-13(21-17-16-9)14(20)18-8-7-12(19)15-10-5-3-4-6-11(10)18/h3-6H,2,7-8H2,1H3,(H,15,19). The molecular weight excluding hydrogens is 288 g/mol. The third-order valence-electron chi connectivity index (χ3n) is 3.36. The summed E-state index contributed by atoms with van der Waals surface area (Å²) in [6.45, 7) is 2.29. The summed E-state index contributed by atoms with van der Waals surface area (Å²) >= 11 is 1.10. The molecule has 108 valence electrons. The zero-order chi connectivity index (χ0) is 14.8. The van der Waals surface area contributed by atoms with E-state index in [1.807, 2.05) is 25.1 Å². The van der Waals surface area contributed by atoms with E-state index in [0.29, 0.717) is 34.9 Å². The molecule has 0 bridgehead atoms. The Balaban J connectivity index is 2.02. The van der Waals surface area contributed by atoms with Crippen LogP contribution in [-0.4, -0.2) is 27.9 Å². The molecule has 0 spiro atoms. The van der Waals surface area contributed by atoms with Crippen LogP contribution in [0.25, 0.3) is 0 Å². The largest absolute Gasteiger partial charge is 0.324 e. The number of anilines is 2. The zero-order valence-corrected chi connectivity index (χ0v) is 12.3. The lowest BCUT2D eigenvalue weighted by Crippen LogP contribution is -2.32. The summed E-state index contributed by atoms with van der Waals surface area (Å²) in [4.78, 5) is 26.7. The average molecular weight is 302 g/mol. The van der Waals surface area contributed by atoms with Gasteiger partial charge in [-0.25, -0.2) is 0 Å². The summed E-state index contributed by atoms with van der Waals surface area (Å²) in [5.41, 5.74) is 2.07. The number of fused-ring (bicyclic) bond motifs is 1. The first-order valence-corrected chi connectivity index (χ1v) is 7.50. The van der Waals surface area contributed by atoms with Gasteiger partial charge >= 0.3 is 0 Å². The highest BCUT2D eigenvalue weighted by Gasteiger charge is 2.27. The number of hydrogen-bond donors (Lipinski definition) is 1. The highest BCUT2D eigenvalue weighted by Crippen LogP contribution is 2.30. The van der Waals surface area contributed by atoms with Gasteiger partial charge in [-0.05, 0) is 30.1 Å². The van der Waals surface area contributed by atoms with Crippen LogP contribution in [0.1, 0.15) is 28.7 Å². The summed E-state index contributed by atoms with van der Waals surface area (Å²) in [5.74, 6) is -0.235. The van der Waals surface area contributed by atoms with Gasteiger partial charge in [0.25, 0.3) is 5.91 Å². The van der Waals surface area contributed by atoms with E-state index < -0.39 is 0 Å². The van der Waals surface area contributed by atoms with E-state index >= 15 is 0 Å². The molecule has 6 nitrogen and oxygen atoms in total. The van der Waals surface area contributed by atoms with Crippen molar-refractivity contribution in [1.82, 2.24) is 9.59 Å². The molecule has 1 aromatic carbocycles. The van der Waals surface area contributed by atoms with Crippen LogP contribution in [0.3, 0.4) is 0 Å². The molecule has 1 aliphatic rings. The van der Waals surface area contributed by atoms with E-state index in [2.05, 4.69) is 14.9 Å². The monoisotopic (exact) mass is 302 g/mol. The average Bonchev–Trinajstić information content (AvgIpc) is 2.90. The third kappa shape index (κ3) is 2.52. The van der Waals surface area contributed by atoms with E-state index in [1.54, 1.807) is 11.0 Å². The number of para-hydroxylation sites is 2. The lowest BCUT2D eigenvalue weighted by molar-refractivity contribution is -0.115. The highest BCUT2D eigenvalue weighted by atomic mass is 32.1. The molecular formula is C14H14N4O2S. The van der Waals surface area contributed by atoms with E-state index in [9.17, 15) is 9.59 Å². The van der Waals surface area contributed by atoms with Gasteiger partial charge in [-0.1, -0.05) is 23.5 Å². The van der Waals surface area contributed by atoms with E-state index in [-0.39, 0.29) is 18.2 Å². The zero-order valence-electron chi connectivity index (χ0n) is 11.5. The number of nitrogens with zero attached hydrogens (tertiary/aromatic N) is 3. The number of aromatic nitrogens is 2. The molecule has 2 heterocycles. The molecule has 7 heteroatoms. The number of rotatable bonds is 2. The van der Waals surface area contributed by atoms with Crippen LogP contribution in [0.2, 0.25) is 0 Å². The van der Waals surface area contributed by atoms with Gasteiger partial charge in [-0.3, -0.25) is 9.59 Å². The molecule has 21 heavy (non-hydrogen) atoms. The maximum atomic E-state index is 12.8. The van der Waals surface area contributed by atoms with Gasteiger partial charge < -0.3 is 10.2 Å². The topological polar surface area (TPSA) is 75.2 Å². The van der Waals surface area contributed by atoms with E-state index in [4.69, 9.17) is 0 Å². The van der Waals surface area contributed by atoms with E-state index in [1.165, 1.54) is 0 Å². The fourth-order valence-electron chi connectivity index (χ4n) is 2.30. The molecule has 2 aromatic rings. The first-order chi connectivity index (χ1) is 10.2. The number of benzene rings is 1. The smallest absolute Gasteiger partial charge is 0.272 e. The SMILES string of the molecule is CCc1nnsc1C(=O)N1CCC(=O)Nc2ccccc21. The molecule has 1 aliphatic heterocycles. The Kier molecular flexibility index (Phi) is 3.66. The summed E-state index contributed by atoms with van der Waals surface area (Å²) in [6, 6.07) is 7.31. The van der Waals surface area contributed by atoms with Crippen LogP contribution in [0.4, 0.5) is 11.4 Å². The van der Waals surface area contributed by atoms with Crippen molar-refractivity contribution in [2.24, 2.45) is 0 Å². The summed E-state index contributed by atoms with van der Waals surface area (Å²) < 4.78 is 3.86. The number of carbonyl (C=O) groups excluding carboxylic acids is 2. The van der Waals surface area contributed by atoms with Gasteiger partial charge in [0.2, 0.25) is 5.91 Å². The van der Waals surface area contributed by atoms with Gasteiger partial charge in [-0.15, -0.1) is 5.10 Å². The first-order valence-electron chi connectivity index (χ1n) is 6.72. The molecule has 2 amide bonds. The van der Waals surface area contributed by atoms with Gasteiger partial charge in [-0.2, -0.15) is 0 Å². The number of amides is 2. The first kappa shape index (κ1) is 13.7. The second kappa shape index (κ2) is 5.61. The molecule has 0 saturated carbocycles. The lowest BCUT2D eigenvalue weighted by Gasteiger charge is -2.21. The van der Waals surface area contributed by atoms with Crippen molar-refractivity contribution < 1.29 is 9.59 Å². The van der Waals surface area contributed by atoms with Gasteiger partial charge in [0.1, 0.15) is 4.88 Å². The predicted molar refractivity (Wildman–Crippen MR) is 80.7 cm³/mol. The Hall–Kier alpha value is -2.28. The van der Waals surface area contributed by atoms with Crippen LogP contribution < -0.4 is 10.2 Å². The predicted octanol–water partition coefficient (Wildman–Crippen LogP) is 2.09. The Morgan fingerprint density at radius 1 is 1.43 bits per heavy atom. The minimum absolute atomic E-state index is 0.0871. The van der Waals surface area contributed by atoms with Crippen LogP contribution in [0.15, 0.2) is 24.3 Å². The molecule has 0 fully saturated rings. The Morgan fingerprint density at radius 2 is 2.24 bits per heavy atom. The van der Waals surface area contributed by atoms with Crippen molar-refractivity contribution in [3.8, 4) is 0 Å². The molecule has 0 unspecified atom stereocenters. The number of nitrogens with one attached hydrogen (secondary N) is 1. The fraction of sp³-hybridized carbons (Fsp3) is 0.286. The van der Waals surface area contributed by atoms with E-state index in [0.717, 1.165) is 11.5 Å². The van der Waals surface area contributed by atoms with Crippen molar-refractivity contribution in [2.45, 2.75) is 19.8 Å². The number of aryl methyl sites for hydroxylation is 1. The number of carbonyl (C=O) groups is 2. The Morgan fingerprint density at radius 3 is 3.05 bits per heavy atom. The van der Waals surface area contributed by atoms with Crippen LogP contribution in [0.5, 0.6) is 0 Å². The Bertz CT molecular complexity index is 698. The van der Waals surface area contributed by atoms with Gasteiger partial charge in [0.05, 0.1) is 17.1 Å². The van der Waals surface area contributed by atoms with Crippen LogP contribution >= 0.6 is 11.5 Å². The fourth-order valence-corrected chi connectivity index (χ4v) is 3.00. The quantitative estimate of drug-likeness (QED) is 0.921. The molecule has 1 N–H and O–H groups in total. The molecule has 0 radical (unpaired) electrons. The second-order valence-electron chi connectivity index (χ2n) is 4.67. The number of hydrogen-bond acceptors (Lipinski definition) is 5. The van der Waals surface area contributed by atoms with Crippen LogP contribution in [0, 0.1) is 0 Å². The molecule has 1 aromatic heterocycles.